The molecule has 0 bridgehead atoms. The molecule has 2 unspecified atom stereocenters. The van der Waals surface area contributed by atoms with Gasteiger partial charge in [0.15, 0.2) is 0 Å². The summed E-state index contributed by atoms with van der Waals surface area (Å²) >= 11 is 0. The molecule has 8 rings (SSSR count). The van der Waals surface area contributed by atoms with E-state index < -0.39 is 0 Å². The summed E-state index contributed by atoms with van der Waals surface area (Å²) in [6.07, 6.45) is 5.07. The predicted molar refractivity (Wildman–Crippen MR) is 209 cm³/mol. The van der Waals surface area contributed by atoms with E-state index in [-0.39, 0.29) is 33.9 Å². The second-order valence-electron chi connectivity index (χ2n) is 19.2. The summed E-state index contributed by atoms with van der Waals surface area (Å²) in [7, 11) is 0. The molecule has 1 aliphatic carbocycles. The van der Waals surface area contributed by atoms with E-state index in [1.807, 2.05) is 0 Å². The van der Waals surface area contributed by atoms with Crippen LogP contribution in [-0.2, 0) is 21.7 Å². The molecule has 4 aromatic carbocycles. The van der Waals surface area contributed by atoms with Crippen molar-refractivity contribution >= 4 is 51.5 Å². The molecule has 248 valence electrons. The molecule has 2 nitrogen and oxygen atoms in total. The van der Waals surface area contributed by atoms with Crippen molar-refractivity contribution in [2.45, 2.75) is 136 Å². The van der Waals surface area contributed by atoms with Crippen LogP contribution < -0.4 is 26.2 Å². The number of fused-ring (bicyclic) bond motifs is 7. The molecule has 48 heavy (non-hydrogen) atoms. The summed E-state index contributed by atoms with van der Waals surface area (Å²) in [4.78, 5) is 5.52. The highest BCUT2D eigenvalue weighted by atomic mass is 15.3. The number of nitrogens with zero attached hydrogens (tertiary/aromatic N) is 2. The molecular formula is C45H55BN2. The first-order valence-electron chi connectivity index (χ1n) is 18.5. The lowest BCUT2D eigenvalue weighted by Gasteiger charge is -2.53. The van der Waals surface area contributed by atoms with E-state index in [1.165, 1.54) is 92.8 Å². The Hall–Kier alpha value is -3.46. The number of hydrogen-bond donors (Lipinski definition) is 0. The van der Waals surface area contributed by atoms with Crippen LogP contribution in [0.25, 0.3) is 0 Å². The van der Waals surface area contributed by atoms with E-state index in [0.717, 1.165) is 0 Å². The zero-order valence-corrected chi connectivity index (χ0v) is 31.7. The molecule has 3 heterocycles. The molecule has 0 spiro atoms. The van der Waals surface area contributed by atoms with E-state index in [4.69, 9.17) is 0 Å². The van der Waals surface area contributed by atoms with Gasteiger partial charge in [-0.3, -0.25) is 0 Å². The third-order valence-electron chi connectivity index (χ3n) is 12.9. The molecule has 0 aromatic heterocycles. The molecule has 0 N–H and O–H groups in total. The molecule has 4 aliphatic rings. The largest absolute Gasteiger partial charge is 0.335 e. The van der Waals surface area contributed by atoms with Crippen LogP contribution in [0.15, 0.2) is 66.7 Å². The standard InChI is InChI=1S/C45H55BN2/c1-28-22-33-40-35(23-28)46-34-19-18-30(42(5,6)7)25-36(34)47(32-17-15-16-29(24-32)41(2,3)4)37-26-31(43(8,9)10)27-38(39(37)46)48(40)45(12)21-14-13-20-44(33,45)11/h15-19,22-27H,13-14,20-21H2,1-12H3. The van der Waals surface area contributed by atoms with E-state index >= 15 is 0 Å². The highest BCUT2D eigenvalue weighted by molar-refractivity contribution is 7.00. The monoisotopic (exact) mass is 634 g/mol. The summed E-state index contributed by atoms with van der Waals surface area (Å²) in [6, 6.07) is 27.1. The summed E-state index contributed by atoms with van der Waals surface area (Å²) in [5.74, 6) is 0. The van der Waals surface area contributed by atoms with Crippen molar-refractivity contribution in [3.63, 3.8) is 0 Å². The SMILES string of the molecule is Cc1cc2c3c(c1)C1(C)CCCCC1(C)N3c1cc(C(C)(C)C)cc3c1B2c1ccc(C(C)(C)C)cc1N3c1cccc(C(C)(C)C)c1. The fourth-order valence-corrected chi connectivity index (χ4v) is 9.77. The molecule has 4 aromatic rings. The minimum Gasteiger partial charge on any atom is -0.335 e. The van der Waals surface area contributed by atoms with Gasteiger partial charge in [0.05, 0.1) is 5.54 Å². The lowest BCUT2D eigenvalue weighted by molar-refractivity contribution is 0.195. The van der Waals surface area contributed by atoms with Gasteiger partial charge < -0.3 is 9.80 Å². The molecule has 1 saturated carbocycles. The van der Waals surface area contributed by atoms with Gasteiger partial charge in [-0.1, -0.05) is 124 Å². The quantitative estimate of drug-likeness (QED) is 0.169. The third kappa shape index (κ3) is 4.24. The first kappa shape index (κ1) is 31.8. The van der Waals surface area contributed by atoms with Gasteiger partial charge in [0.1, 0.15) is 0 Å². The minimum absolute atomic E-state index is 0.000367. The second kappa shape index (κ2) is 9.83. The Bertz CT molecular complexity index is 2000. The van der Waals surface area contributed by atoms with Crippen molar-refractivity contribution < 1.29 is 0 Å². The normalized spacial score (nSPS) is 22.7. The highest BCUT2D eigenvalue weighted by Gasteiger charge is 2.61. The van der Waals surface area contributed by atoms with Gasteiger partial charge in [0, 0.05) is 33.9 Å². The van der Waals surface area contributed by atoms with Crippen molar-refractivity contribution in [1.29, 1.82) is 0 Å². The summed E-state index contributed by atoms with van der Waals surface area (Å²) < 4.78 is 0. The Morgan fingerprint density at radius 3 is 1.94 bits per heavy atom. The maximum absolute atomic E-state index is 2.87. The topological polar surface area (TPSA) is 6.48 Å². The van der Waals surface area contributed by atoms with Gasteiger partial charge in [-0.2, -0.15) is 0 Å². The fraction of sp³-hybridized carbons (Fsp3) is 0.467. The molecule has 0 amide bonds. The van der Waals surface area contributed by atoms with Crippen LogP contribution in [-0.4, -0.2) is 12.3 Å². The first-order valence-corrected chi connectivity index (χ1v) is 18.5. The smallest absolute Gasteiger partial charge is 0.252 e. The van der Waals surface area contributed by atoms with Crippen LogP contribution in [0.1, 0.15) is 130 Å². The van der Waals surface area contributed by atoms with Crippen molar-refractivity contribution in [2.24, 2.45) is 0 Å². The Labute approximate surface area is 291 Å². The van der Waals surface area contributed by atoms with Crippen LogP contribution in [0.2, 0.25) is 0 Å². The first-order chi connectivity index (χ1) is 22.3. The number of anilines is 5. The van der Waals surface area contributed by atoms with Crippen molar-refractivity contribution in [2.75, 3.05) is 9.80 Å². The number of hydrogen-bond acceptors (Lipinski definition) is 2. The second-order valence-corrected chi connectivity index (χ2v) is 19.2. The van der Waals surface area contributed by atoms with Crippen LogP contribution in [0.3, 0.4) is 0 Å². The summed E-state index contributed by atoms with van der Waals surface area (Å²) in [6.45, 7) is 28.9. The average molecular weight is 635 g/mol. The van der Waals surface area contributed by atoms with E-state index in [2.05, 4.69) is 160 Å². The van der Waals surface area contributed by atoms with Crippen molar-refractivity contribution in [3.8, 4) is 0 Å². The maximum atomic E-state index is 2.87. The third-order valence-corrected chi connectivity index (χ3v) is 12.9. The Kier molecular flexibility index (Phi) is 6.51. The molecule has 0 radical (unpaired) electrons. The van der Waals surface area contributed by atoms with Crippen molar-refractivity contribution in [3.05, 3.63) is 94.5 Å². The van der Waals surface area contributed by atoms with Gasteiger partial charge in [-0.25, -0.2) is 0 Å². The van der Waals surface area contributed by atoms with Gasteiger partial charge in [-0.05, 0) is 112 Å². The summed E-state index contributed by atoms with van der Waals surface area (Å²) in [5.41, 5.74) is 18.7. The van der Waals surface area contributed by atoms with Gasteiger partial charge >= 0.3 is 0 Å². The number of rotatable bonds is 1. The number of benzene rings is 4. The number of aryl methyl sites for hydroxylation is 1. The van der Waals surface area contributed by atoms with E-state index in [1.54, 1.807) is 5.56 Å². The highest BCUT2D eigenvalue weighted by Crippen LogP contribution is 2.62. The van der Waals surface area contributed by atoms with Gasteiger partial charge in [0.2, 0.25) is 0 Å². The zero-order valence-electron chi connectivity index (χ0n) is 31.7. The molecule has 3 heteroatoms. The minimum atomic E-state index is 0.000367. The fourth-order valence-electron chi connectivity index (χ4n) is 9.77. The summed E-state index contributed by atoms with van der Waals surface area (Å²) in [5, 5.41) is 0. The van der Waals surface area contributed by atoms with Crippen LogP contribution in [0, 0.1) is 6.92 Å². The maximum Gasteiger partial charge on any atom is 0.252 e. The lowest BCUT2D eigenvalue weighted by atomic mass is 9.33. The van der Waals surface area contributed by atoms with Gasteiger partial charge in [0.25, 0.3) is 6.71 Å². The predicted octanol–water partition coefficient (Wildman–Crippen LogP) is 10.2. The molecule has 1 fully saturated rings. The van der Waals surface area contributed by atoms with E-state index in [9.17, 15) is 0 Å². The van der Waals surface area contributed by atoms with E-state index in [0.29, 0.717) is 0 Å². The Balaban J connectivity index is 1.53. The lowest BCUT2D eigenvalue weighted by Crippen LogP contribution is -2.64. The molecular weight excluding hydrogens is 579 g/mol. The zero-order chi connectivity index (χ0) is 34.3. The molecule has 2 atom stereocenters. The Morgan fingerprint density at radius 1 is 0.625 bits per heavy atom. The van der Waals surface area contributed by atoms with Gasteiger partial charge in [-0.15, -0.1) is 0 Å². The van der Waals surface area contributed by atoms with Crippen LogP contribution in [0.5, 0.6) is 0 Å². The van der Waals surface area contributed by atoms with Crippen molar-refractivity contribution in [1.82, 2.24) is 0 Å². The van der Waals surface area contributed by atoms with Crippen LogP contribution in [0.4, 0.5) is 28.4 Å². The van der Waals surface area contributed by atoms with Crippen LogP contribution >= 0.6 is 0 Å². The average Bonchev–Trinajstić information content (AvgIpc) is 3.21. The Morgan fingerprint density at radius 2 is 1.25 bits per heavy atom. The molecule has 0 saturated heterocycles. The molecule has 3 aliphatic heterocycles.